The summed E-state index contributed by atoms with van der Waals surface area (Å²) in [6, 6.07) is 2.24. The number of alkyl halides is 5. The molecule has 0 saturated carbocycles. The van der Waals surface area contributed by atoms with E-state index in [0.29, 0.717) is 10.6 Å². The number of carbonyl (C=O) groups is 1. The molecule has 0 fully saturated rings. The second-order valence-electron chi connectivity index (χ2n) is 5.24. The Bertz CT molecular complexity index is 965. The zero-order chi connectivity index (χ0) is 20.4. The van der Waals surface area contributed by atoms with Crippen molar-refractivity contribution in [2.45, 2.75) is 12.6 Å². The lowest BCUT2D eigenvalue weighted by Crippen LogP contribution is -2.37. The standard InChI is InChI=1S/C15H12F5N3O4/c1-23-13(25)8(5-21-14(23)26)12(24)22-7-2-3-10(27-6-11(16)17)9(4-7)15(18,19)20/h2-5,11H,6H2,1H3,(H,21,26)(H,22,24). The van der Waals surface area contributed by atoms with Crippen molar-refractivity contribution in [3.8, 4) is 5.75 Å². The van der Waals surface area contributed by atoms with E-state index in [1.54, 1.807) is 0 Å². The van der Waals surface area contributed by atoms with E-state index in [4.69, 9.17) is 0 Å². The molecule has 1 heterocycles. The molecule has 2 N–H and O–H groups in total. The molecule has 0 aliphatic carbocycles. The molecule has 7 nitrogen and oxygen atoms in total. The van der Waals surface area contributed by atoms with Gasteiger partial charge in [-0.3, -0.25) is 14.2 Å². The second kappa shape index (κ2) is 7.60. The maximum Gasteiger partial charge on any atom is 0.420 e. The number of halogens is 5. The highest BCUT2D eigenvalue weighted by atomic mass is 19.4. The molecule has 0 saturated heterocycles. The van der Waals surface area contributed by atoms with E-state index in [1.807, 2.05) is 0 Å². The van der Waals surface area contributed by atoms with E-state index in [0.717, 1.165) is 25.4 Å². The van der Waals surface area contributed by atoms with Crippen LogP contribution in [0.5, 0.6) is 5.75 Å². The minimum atomic E-state index is -4.94. The summed E-state index contributed by atoms with van der Waals surface area (Å²) in [6.07, 6.45) is -7.08. The van der Waals surface area contributed by atoms with Crippen LogP contribution in [0.1, 0.15) is 15.9 Å². The number of hydrogen-bond acceptors (Lipinski definition) is 4. The van der Waals surface area contributed by atoms with Crippen LogP contribution in [0.15, 0.2) is 34.0 Å². The van der Waals surface area contributed by atoms with Gasteiger partial charge in [-0.05, 0) is 18.2 Å². The summed E-state index contributed by atoms with van der Waals surface area (Å²) in [5, 5.41) is 2.07. The highest BCUT2D eigenvalue weighted by Gasteiger charge is 2.35. The van der Waals surface area contributed by atoms with Crippen molar-refractivity contribution in [1.29, 1.82) is 0 Å². The van der Waals surface area contributed by atoms with E-state index in [9.17, 15) is 36.3 Å². The largest absolute Gasteiger partial charge is 0.487 e. The maximum absolute atomic E-state index is 13.1. The molecule has 1 aromatic carbocycles. The van der Waals surface area contributed by atoms with Crippen molar-refractivity contribution in [3.63, 3.8) is 0 Å². The number of hydrogen-bond donors (Lipinski definition) is 2. The Balaban J connectivity index is 2.34. The van der Waals surface area contributed by atoms with Crippen molar-refractivity contribution in [1.82, 2.24) is 9.55 Å². The predicted molar refractivity (Wildman–Crippen MR) is 83.2 cm³/mol. The van der Waals surface area contributed by atoms with Gasteiger partial charge in [-0.2, -0.15) is 13.2 Å². The molecule has 146 valence electrons. The number of amides is 1. The Labute approximate surface area is 147 Å². The number of carbonyl (C=O) groups excluding carboxylic acids is 1. The molecule has 1 aromatic heterocycles. The summed E-state index contributed by atoms with van der Waals surface area (Å²) in [5.74, 6) is -1.90. The minimum absolute atomic E-state index is 0.357. The van der Waals surface area contributed by atoms with Crippen LogP contribution in [0, 0.1) is 0 Å². The van der Waals surface area contributed by atoms with Crippen molar-refractivity contribution >= 4 is 11.6 Å². The van der Waals surface area contributed by atoms with Crippen molar-refractivity contribution in [2.24, 2.45) is 7.05 Å². The quantitative estimate of drug-likeness (QED) is 0.760. The smallest absolute Gasteiger partial charge is 0.420 e. The minimum Gasteiger partial charge on any atom is -0.487 e. The van der Waals surface area contributed by atoms with Crippen LogP contribution in [0.3, 0.4) is 0 Å². The Kier molecular flexibility index (Phi) is 5.66. The third-order valence-electron chi connectivity index (χ3n) is 3.33. The first-order valence-electron chi connectivity index (χ1n) is 7.23. The Hall–Kier alpha value is -3.18. The lowest BCUT2D eigenvalue weighted by Gasteiger charge is -2.15. The van der Waals surface area contributed by atoms with Gasteiger partial charge in [0.25, 0.3) is 17.9 Å². The SMILES string of the molecule is Cn1c(=O)[nH]cc(C(=O)Nc2ccc(OCC(F)F)c(C(F)(F)F)c2)c1=O. The first-order chi connectivity index (χ1) is 12.5. The zero-order valence-corrected chi connectivity index (χ0v) is 13.6. The third kappa shape index (κ3) is 4.71. The molecule has 0 unspecified atom stereocenters. The van der Waals surface area contributed by atoms with E-state index >= 15 is 0 Å². The van der Waals surface area contributed by atoms with Crippen LogP contribution in [-0.4, -0.2) is 28.5 Å². The van der Waals surface area contributed by atoms with Gasteiger partial charge < -0.3 is 15.0 Å². The highest BCUT2D eigenvalue weighted by Crippen LogP contribution is 2.38. The maximum atomic E-state index is 13.1. The number of H-pyrrole nitrogens is 1. The fourth-order valence-electron chi connectivity index (χ4n) is 2.03. The van der Waals surface area contributed by atoms with Crippen LogP contribution >= 0.6 is 0 Å². The normalized spacial score (nSPS) is 11.5. The molecule has 2 rings (SSSR count). The van der Waals surface area contributed by atoms with E-state index in [-0.39, 0.29) is 5.69 Å². The van der Waals surface area contributed by atoms with Crippen LogP contribution in [0.4, 0.5) is 27.6 Å². The fourth-order valence-corrected chi connectivity index (χ4v) is 2.03. The number of nitrogens with one attached hydrogen (secondary N) is 2. The number of anilines is 1. The lowest BCUT2D eigenvalue weighted by molar-refractivity contribution is -0.139. The first-order valence-corrected chi connectivity index (χ1v) is 7.23. The Morgan fingerprint density at radius 3 is 2.56 bits per heavy atom. The van der Waals surface area contributed by atoms with Crippen LogP contribution in [0.25, 0.3) is 0 Å². The van der Waals surface area contributed by atoms with Crippen molar-refractivity contribution in [2.75, 3.05) is 11.9 Å². The first kappa shape index (κ1) is 20.1. The third-order valence-corrected chi connectivity index (χ3v) is 3.33. The van der Waals surface area contributed by atoms with Gasteiger partial charge >= 0.3 is 11.9 Å². The van der Waals surface area contributed by atoms with E-state index in [2.05, 4.69) is 15.0 Å². The molecule has 0 spiro atoms. The van der Waals surface area contributed by atoms with Crippen molar-refractivity contribution in [3.05, 3.63) is 56.4 Å². The molecule has 12 heteroatoms. The fraction of sp³-hybridized carbons (Fsp3) is 0.267. The summed E-state index contributed by atoms with van der Waals surface area (Å²) >= 11 is 0. The van der Waals surface area contributed by atoms with Crippen LogP contribution in [-0.2, 0) is 13.2 Å². The monoisotopic (exact) mass is 393 g/mol. The number of benzene rings is 1. The van der Waals surface area contributed by atoms with E-state index < -0.39 is 53.2 Å². The molecule has 27 heavy (non-hydrogen) atoms. The average molecular weight is 393 g/mol. The van der Waals surface area contributed by atoms with Crippen LogP contribution in [0.2, 0.25) is 0 Å². The molecule has 0 radical (unpaired) electrons. The number of rotatable bonds is 5. The summed E-state index contributed by atoms with van der Waals surface area (Å²) in [4.78, 5) is 37.3. The Morgan fingerprint density at radius 1 is 1.30 bits per heavy atom. The number of aromatic amines is 1. The summed E-state index contributed by atoms with van der Waals surface area (Å²) < 4.78 is 68.7. The van der Waals surface area contributed by atoms with Gasteiger partial charge in [0.1, 0.15) is 17.9 Å². The van der Waals surface area contributed by atoms with Crippen molar-refractivity contribution < 1.29 is 31.5 Å². The molecule has 0 aliphatic rings. The van der Waals surface area contributed by atoms with Gasteiger partial charge in [-0.25, -0.2) is 13.6 Å². The molecule has 0 aliphatic heterocycles. The molecular formula is C15H12F5N3O4. The molecule has 0 bridgehead atoms. The van der Waals surface area contributed by atoms with E-state index in [1.165, 1.54) is 0 Å². The van der Waals surface area contributed by atoms with Gasteiger partial charge in [0.2, 0.25) is 0 Å². The van der Waals surface area contributed by atoms with Gasteiger partial charge in [-0.15, -0.1) is 0 Å². The predicted octanol–water partition coefficient (Wildman–Crippen LogP) is 1.99. The van der Waals surface area contributed by atoms with Gasteiger partial charge in [0.15, 0.2) is 0 Å². The zero-order valence-electron chi connectivity index (χ0n) is 13.6. The van der Waals surface area contributed by atoms with Gasteiger partial charge in [0.05, 0.1) is 5.56 Å². The topological polar surface area (TPSA) is 93.2 Å². The lowest BCUT2D eigenvalue weighted by atomic mass is 10.1. The molecule has 1 amide bonds. The van der Waals surface area contributed by atoms with Gasteiger partial charge in [-0.1, -0.05) is 0 Å². The molecular weight excluding hydrogens is 381 g/mol. The average Bonchev–Trinajstić information content (AvgIpc) is 2.57. The number of aromatic nitrogens is 2. The summed E-state index contributed by atoms with van der Waals surface area (Å²) in [6.45, 7) is -1.23. The number of ether oxygens (including phenoxy) is 1. The highest BCUT2D eigenvalue weighted by molar-refractivity contribution is 6.03. The summed E-state index contributed by atoms with van der Waals surface area (Å²) in [5.41, 5.74) is -3.98. The molecule has 0 atom stereocenters. The Morgan fingerprint density at radius 2 is 1.96 bits per heavy atom. The van der Waals surface area contributed by atoms with Gasteiger partial charge in [0, 0.05) is 18.9 Å². The molecule has 2 aromatic rings. The summed E-state index contributed by atoms with van der Waals surface area (Å²) in [7, 11) is 1.11. The second-order valence-corrected chi connectivity index (χ2v) is 5.24. The van der Waals surface area contributed by atoms with Crippen LogP contribution < -0.4 is 21.3 Å². The number of nitrogens with zero attached hydrogens (tertiary/aromatic N) is 1.